The lowest BCUT2D eigenvalue weighted by molar-refractivity contribution is -0.137. The fourth-order valence-electron chi connectivity index (χ4n) is 3.20. The number of hydrogen-bond donors (Lipinski definition) is 2. The summed E-state index contributed by atoms with van der Waals surface area (Å²) >= 11 is 0. The van der Waals surface area contributed by atoms with E-state index < -0.39 is 11.7 Å². The smallest absolute Gasteiger partial charge is 0.409 e. The second kappa shape index (κ2) is 5.76. The summed E-state index contributed by atoms with van der Waals surface area (Å²) < 4.78 is 42.2. The Labute approximate surface area is 150 Å². The number of aryl methyl sites for hydroxylation is 1. The second-order valence-corrected chi connectivity index (χ2v) is 6.12. The molecule has 2 aromatic carbocycles. The van der Waals surface area contributed by atoms with Crippen molar-refractivity contribution < 1.29 is 18.4 Å². The molecule has 9 heteroatoms. The monoisotopic (exact) mass is 373 g/mol. The normalized spacial score (nSPS) is 13.0. The van der Waals surface area contributed by atoms with Gasteiger partial charge in [0.05, 0.1) is 22.9 Å². The third-order valence-corrected chi connectivity index (χ3v) is 4.48. The topological polar surface area (TPSA) is 81.4 Å². The number of rotatable bonds is 2. The number of benzene rings is 2. The van der Waals surface area contributed by atoms with Crippen molar-refractivity contribution in [3.63, 3.8) is 0 Å². The maximum Gasteiger partial charge on any atom is 0.416 e. The maximum absolute atomic E-state index is 12.9. The zero-order valence-electron chi connectivity index (χ0n) is 14.1. The summed E-state index contributed by atoms with van der Waals surface area (Å²) in [5.41, 5.74) is 8.19. The summed E-state index contributed by atoms with van der Waals surface area (Å²) in [5.74, 6) is -0.0329. The van der Waals surface area contributed by atoms with E-state index in [2.05, 4.69) is 10.1 Å². The molecule has 3 N–H and O–H groups in total. The predicted octanol–water partition coefficient (Wildman–Crippen LogP) is 3.63. The highest BCUT2D eigenvalue weighted by atomic mass is 19.4. The van der Waals surface area contributed by atoms with Crippen LogP contribution in [0.25, 0.3) is 27.8 Å². The second-order valence-electron chi connectivity index (χ2n) is 6.12. The van der Waals surface area contributed by atoms with E-state index in [1.165, 1.54) is 12.1 Å². The fraction of sp³-hybridized carbons (Fsp3) is 0.111. The van der Waals surface area contributed by atoms with E-state index in [1.807, 2.05) is 11.6 Å². The molecule has 0 aliphatic heterocycles. The number of oxime groups is 1. The lowest BCUT2D eigenvalue weighted by Gasteiger charge is -2.10. The van der Waals surface area contributed by atoms with E-state index in [1.54, 1.807) is 29.1 Å². The molecule has 6 nitrogen and oxygen atoms in total. The van der Waals surface area contributed by atoms with Crippen molar-refractivity contribution >= 4 is 27.9 Å². The van der Waals surface area contributed by atoms with Gasteiger partial charge in [-0.05, 0) is 42.5 Å². The van der Waals surface area contributed by atoms with E-state index in [0.29, 0.717) is 16.9 Å². The first-order chi connectivity index (χ1) is 12.8. The molecule has 0 aliphatic rings. The van der Waals surface area contributed by atoms with Crippen molar-refractivity contribution in [1.29, 1.82) is 0 Å². The van der Waals surface area contributed by atoms with Gasteiger partial charge in [0.2, 0.25) is 0 Å². The Morgan fingerprint density at radius 1 is 1.15 bits per heavy atom. The molecular formula is C18H14F3N5O. The minimum atomic E-state index is -4.40. The predicted molar refractivity (Wildman–Crippen MR) is 95.1 cm³/mol. The number of aromatic nitrogens is 3. The minimum Gasteiger partial charge on any atom is -0.409 e. The first kappa shape index (κ1) is 17.0. The molecule has 138 valence electrons. The number of amidine groups is 1. The van der Waals surface area contributed by atoms with E-state index >= 15 is 0 Å². The van der Waals surface area contributed by atoms with Crippen LogP contribution in [0.4, 0.5) is 13.2 Å². The van der Waals surface area contributed by atoms with Gasteiger partial charge in [-0.15, -0.1) is 0 Å². The minimum absolute atomic E-state index is 0.0329. The fourth-order valence-corrected chi connectivity index (χ4v) is 3.20. The number of hydrogen-bond acceptors (Lipinski definition) is 3. The highest BCUT2D eigenvalue weighted by Crippen LogP contribution is 2.34. The standard InChI is InChI=1S/C18H14F3N5O/c1-25-9-23-17-15(25)13-8-10(16(22)24-27)2-7-14(13)26(17)12-5-3-11(4-6-12)18(19,20)21/h2-9,27H,1H3,(H2,22,24). The SMILES string of the molecule is Cn1cnc2c1c1cc(/C(N)=N/O)ccc1n2-c1ccc(C(F)(F)F)cc1. The maximum atomic E-state index is 12.9. The van der Waals surface area contributed by atoms with Crippen molar-refractivity contribution in [2.75, 3.05) is 0 Å². The first-order valence-electron chi connectivity index (χ1n) is 7.92. The molecule has 4 rings (SSSR count). The summed E-state index contributed by atoms with van der Waals surface area (Å²) in [6.45, 7) is 0. The number of nitrogens with zero attached hydrogens (tertiary/aromatic N) is 4. The van der Waals surface area contributed by atoms with Gasteiger partial charge < -0.3 is 15.5 Å². The Kier molecular flexibility index (Phi) is 3.62. The molecule has 0 saturated heterocycles. The molecule has 0 spiro atoms. The van der Waals surface area contributed by atoms with Crippen LogP contribution in [0, 0.1) is 0 Å². The van der Waals surface area contributed by atoms with Gasteiger partial charge >= 0.3 is 6.18 Å². The molecule has 0 radical (unpaired) electrons. The lowest BCUT2D eigenvalue weighted by atomic mass is 10.1. The van der Waals surface area contributed by atoms with Crippen LogP contribution >= 0.6 is 0 Å². The van der Waals surface area contributed by atoms with Crippen LogP contribution in [-0.4, -0.2) is 25.2 Å². The summed E-state index contributed by atoms with van der Waals surface area (Å²) in [6, 6.07) is 10.1. The Hall–Kier alpha value is -3.49. The first-order valence-corrected chi connectivity index (χ1v) is 7.92. The summed E-state index contributed by atoms with van der Waals surface area (Å²) in [6.07, 6.45) is -2.77. The van der Waals surface area contributed by atoms with Gasteiger partial charge in [0.25, 0.3) is 0 Å². The Bertz CT molecular complexity index is 1190. The molecule has 2 aromatic heterocycles. The molecule has 2 heterocycles. The van der Waals surface area contributed by atoms with Gasteiger partial charge in [0.15, 0.2) is 11.5 Å². The Balaban J connectivity index is 2.00. The van der Waals surface area contributed by atoms with Crippen LogP contribution < -0.4 is 5.73 Å². The lowest BCUT2D eigenvalue weighted by Crippen LogP contribution is -2.12. The highest BCUT2D eigenvalue weighted by Gasteiger charge is 2.30. The van der Waals surface area contributed by atoms with Gasteiger partial charge in [0, 0.05) is 23.7 Å². The molecule has 0 saturated carbocycles. The molecule has 0 fully saturated rings. The molecule has 0 atom stereocenters. The molecule has 27 heavy (non-hydrogen) atoms. The van der Waals surface area contributed by atoms with Crippen LogP contribution in [-0.2, 0) is 13.2 Å². The van der Waals surface area contributed by atoms with Gasteiger partial charge in [-0.3, -0.25) is 4.57 Å². The Morgan fingerprint density at radius 3 is 2.48 bits per heavy atom. The van der Waals surface area contributed by atoms with Crippen LogP contribution in [0.3, 0.4) is 0 Å². The largest absolute Gasteiger partial charge is 0.416 e. The van der Waals surface area contributed by atoms with Crippen LogP contribution in [0.1, 0.15) is 11.1 Å². The van der Waals surface area contributed by atoms with Crippen LogP contribution in [0.15, 0.2) is 53.9 Å². The van der Waals surface area contributed by atoms with Crippen molar-refractivity contribution in [3.05, 3.63) is 59.9 Å². The average molecular weight is 373 g/mol. The number of fused-ring (bicyclic) bond motifs is 3. The highest BCUT2D eigenvalue weighted by molar-refractivity contribution is 6.09. The number of imidazole rings is 1. The quantitative estimate of drug-likeness (QED) is 0.244. The molecule has 0 amide bonds. The van der Waals surface area contributed by atoms with E-state index in [4.69, 9.17) is 10.9 Å². The zero-order valence-corrected chi connectivity index (χ0v) is 14.1. The molecule has 0 unspecified atom stereocenters. The van der Waals surface area contributed by atoms with Crippen molar-refractivity contribution in [2.24, 2.45) is 17.9 Å². The number of nitrogens with two attached hydrogens (primary N) is 1. The molecule has 0 aliphatic carbocycles. The summed E-state index contributed by atoms with van der Waals surface area (Å²) in [7, 11) is 1.82. The molecule has 4 aromatic rings. The van der Waals surface area contributed by atoms with E-state index in [9.17, 15) is 13.2 Å². The van der Waals surface area contributed by atoms with Gasteiger partial charge in [-0.2, -0.15) is 13.2 Å². The van der Waals surface area contributed by atoms with Crippen LogP contribution in [0.2, 0.25) is 0 Å². The van der Waals surface area contributed by atoms with E-state index in [0.717, 1.165) is 28.6 Å². The molecular weight excluding hydrogens is 359 g/mol. The molecule has 0 bridgehead atoms. The third-order valence-electron chi connectivity index (χ3n) is 4.48. The van der Waals surface area contributed by atoms with Gasteiger partial charge in [-0.1, -0.05) is 5.16 Å². The van der Waals surface area contributed by atoms with Crippen molar-refractivity contribution in [1.82, 2.24) is 14.1 Å². The van der Waals surface area contributed by atoms with Crippen molar-refractivity contribution in [2.45, 2.75) is 6.18 Å². The van der Waals surface area contributed by atoms with Gasteiger partial charge in [0.1, 0.15) is 0 Å². The third kappa shape index (κ3) is 2.59. The van der Waals surface area contributed by atoms with Crippen LogP contribution in [0.5, 0.6) is 0 Å². The van der Waals surface area contributed by atoms with E-state index in [-0.39, 0.29) is 5.84 Å². The van der Waals surface area contributed by atoms with Gasteiger partial charge in [-0.25, -0.2) is 4.98 Å². The zero-order chi connectivity index (χ0) is 19.3. The summed E-state index contributed by atoms with van der Waals surface area (Å²) in [4.78, 5) is 4.39. The number of halogens is 3. The van der Waals surface area contributed by atoms with Crippen molar-refractivity contribution in [3.8, 4) is 5.69 Å². The Morgan fingerprint density at radius 2 is 1.85 bits per heavy atom. The summed E-state index contributed by atoms with van der Waals surface area (Å²) in [5, 5.41) is 12.7. The number of alkyl halides is 3. The average Bonchev–Trinajstić information content (AvgIpc) is 3.17.